The zero-order chi connectivity index (χ0) is 23.1. The van der Waals surface area contributed by atoms with Crippen LogP contribution in [0.2, 0.25) is 0 Å². The maximum Gasteiger partial charge on any atom is 0.410 e. The summed E-state index contributed by atoms with van der Waals surface area (Å²) in [6.07, 6.45) is 3.52. The Morgan fingerprint density at radius 3 is 2.25 bits per heavy atom. The van der Waals surface area contributed by atoms with Crippen molar-refractivity contribution < 1.29 is 19.1 Å². The van der Waals surface area contributed by atoms with Gasteiger partial charge in [0.1, 0.15) is 5.60 Å². The van der Waals surface area contributed by atoms with Crippen LogP contribution in [0.1, 0.15) is 52.0 Å². The summed E-state index contributed by atoms with van der Waals surface area (Å²) in [4.78, 5) is 43.4. The molecule has 3 amide bonds. The number of rotatable bonds is 5. The van der Waals surface area contributed by atoms with Crippen LogP contribution in [0.25, 0.3) is 0 Å². The fourth-order valence-corrected chi connectivity index (χ4v) is 4.35. The van der Waals surface area contributed by atoms with E-state index in [2.05, 4.69) is 12.1 Å². The predicted molar refractivity (Wildman–Crippen MR) is 123 cm³/mol. The van der Waals surface area contributed by atoms with Gasteiger partial charge in [0.15, 0.2) is 0 Å². The molecule has 1 unspecified atom stereocenters. The van der Waals surface area contributed by atoms with E-state index >= 15 is 0 Å². The molecule has 2 saturated heterocycles. The summed E-state index contributed by atoms with van der Waals surface area (Å²) in [6, 6.07) is 10.2. The van der Waals surface area contributed by atoms with E-state index in [0.717, 1.165) is 25.7 Å². The van der Waals surface area contributed by atoms with E-state index in [-0.39, 0.29) is 23.8 Å². The Kier molecular flexibility index (Phi) is 8.15. The van der Waals surface area contributed by atoms with Gasteiger partial charge in [-0.15, -0.1) is 0 Å². The minimum atomic E-state index is -0.544. The molecule has 176 valence electrons. The zero-order valence-electron chi connectivity index (χ0n) is 19.7. The fourth-order valence-electron chi connectivity index (χ4n) is 4.35. The van der Waals surface area contributed by atoms with E-state index in [1.807, 2.05) is 48.8 Å². The largest absolute Gasteiger partial charge is 0.444 e. The second kappa shape index (κ2) is 10.8. The summed E-state index contributed by atoms with van der Waals surface area (Å²) in [6.45, 7) is 8.87. The number of ether oxygens (including phenoxy) is 1. The van der Waals surface area contributed by atoms with Gasteiger partial charge in [-0.3, -0.25) is 9.59 Å². The lowest BCUT2D eigenvalue weighted by molar-refractivity contribution is -0.143. The Labute approximate surface area is 191 Å². The van der Waals surface area contributed by atoms with Crippen molar-refractivity contribution in [3.63, 3.8) is 0 Å². The molecule has 2 aliphatic heterocycles. The van der Waals surface area contributed by atoms with Crippen molar-refractivity contribution in [2.45, 2.75) is 58.5 Å². The van der Waals surface area contributed by atoms with Crippen LogP contribution >= 0.6 is 0 Å². The number of likely N-dealkylation sites (tertiary alicyclic amines) is 1. The molecule has 2 fully saturated rings. The average molecular weight is 444 g/mol. The van der Waals surface area contributed by atoms with Crippen molar-refractivity contribution in [2.75, 3.05) is 39.3 Å². The highest BCUT2D eigenvalue weighted by Crippen LogP contribution is 2.22. The minimum Gasteiger partial charge on any atom is -0.444 e. The molecule has 0 N–H and O–H groups in total. The Hall–Kier alpha value is -2.57. The van der Waals surface area contributed by atoms with Crippen LogP contribution in [0, 0.1) is 5.92 Å². The molecular weight excluding hydrogens is 406 g/mol. The molecule has 0 bridgehead atoms. The highest BCUT2D eigenvalue weighted by atomic mass is 16.6. The van der Waals surface area contributed by atoms with Crippen molar-refractivity contribution in [1.82, 2.24) is 14.7 Å². The summed E-state index contributed by atoms with van der Waals surface area (Å²) in [7, 11) is 0. The lowest BCUT2D eigenvalue weighted by atomic mass is 9.96. The Bertz CT molecular complexity index is 782. The zero-order valence-corrected chi connectivity index (χ0v) is 19.7. The SMILES string of the molecule is CC(C)(C)OC(=O)N1CCCC(C(=O)N2CCN(C(=O)CCCc3ccccc3)CC2)C1. The number of aryl methyl sites for hydroxylation is 1. The number of piperidine rings is 1. The summed E-state index contributed by atoms with van der Waals surface area (Å²) < 4.78 is 5.47. The lowest BCUT2D eigenvalue weighted by Crippen LogP contribution is -2.54. The van der Waals surface area contributed by atoms with Gasteiger partial charge in [0.2, 0.25) is 11.8 Å². The van der Waals surface area contributed by atoms with Gasteiger partial charge < -0.3 is 19.4 Å². The van der Waals surface area contributed by atoms with Gasteiger partial charge in [-0.1, -0.05) is 30.3 Å². The first-order chi connectivity index (χ1) is 15.2. The molecule has 2 aliphatic rings. The van der Waals surface area contributed by atoms with E-state index < -0.39 is 5.60 Å². The number of carbonyl (C=O) groups excluding carboxylic acids is 3. The molecule has 3 rings (SSSR count). The summed E-state index contributed by atoms with van der Waals surface area (Å²) in [5.41, 5.74) is 0.710. The third kappa shape index (κ3) is 6.97. The van der Waals surface area contributed by atoms with Gasteiger partial charge in [0.25, 0.3) is 0 Å². The van der Waals surface area contributed by atoms with Crippen LogP contribution in [0.5, 0.6) is 0 Å². The Balaban J connectivity index is 1.41. The van der Waals surface area contributed by atoms with E-state index in [0.29, 0.717) is 45.7 Å². The van der Waals surface area contributed by atoms with Gasteiger partial charge in [-0.25, -0.2) is 4.79 Å². The first-order valence-corrected chi connectivity index (χ1v) is 11.8. The molecule has 32 heavy (non-hydrogen) atoms. The summed E-state index contributed by atoms with van der Waals surface area (Å²) in [5.74, 6) is 0.0700. The molecule has 1 atom stereocenters. The third-order valence-corrected chi connectivity index (χ3v) is 6.07. The Morgan fingerprint density at radius 2 is 1.59 bits per heavy atom. The van der Waals surface area contributed by atoms with Gasteiger partial charge >= 0.3 is 6.09 Å². The highest BCUT2D eigenvalue weighted by molar-refractivity contribution is 5.81. The van der Waals surface area contributed by atoms with Gasteiger partial charge in [0, 0.05) is 45.7 Å². The number of piperazine rings is 1. The monoisotopic (exact) mass is 443 g/mol. The normalized spacial score (nSPS) is 19.6. The fraction of sp³-hybridized carbons (Fsp3) is 0.640. The summed E-state index contributed by atoms with van der Waals surface area (Å²) in [5, 5.41) is 0. The predicted octanol–water partition coefficient (Wildman–Crippen LogP) is 3.33. The molecule has 0 radical (unpaired) electrons. The molecule has 0 spiro atoms. The topological polar surface area (TPSA) is 70.2 Å². The van der Waals surface area contributed by atoms with Crippen LogP contribution in [0.4, 0.5) is 4.79 Å². The third-order valence-electron chi connectivity index (χ3n) is 6.07. The molecule has 0 aliphatic carbocycles. The maximum atomic E-state index is 13.1. The molecule has 0 saturated carbocycles. The van der Waals surface area contributed by atoms with E-state index in [1.165, 1.54) is 5.56 Å². The van der Waals surface area contributed by atoms with Crippen molar-refractivity contribution in [3.05, 3.63) is 35.9 Å². The van der Waals surface area contributed by atoms with Crippen molar-refractivity contribution in [3.8, 4) is 0 Å². The van der Waals surface area contributed by atoms with Crippen LogP contribution in [0.15, 0.2) is 30.3 Å². The molecule has 1 aromatic carbocycles. The van der Waals surface area contributed by atoms with Crippen LogP contribution in [0.3, 0.4) is 0 Å². The van der Waals surface area contributed by atoms with Crippen molar-refractivity contribution in [2.24, 2.45) is 5.92 Å². The molecular formula is C25H37N3O4. The lowest BCUT2D eigenvalue weighted by Gasteiger charge is -2.39. The van der Waals surface area contributed by atoms with Crippen LogP contribution < -0.4 is 0 Å². The second-order valence-corrected chi connectivity index (χ2v) is 9.81. The number of benzene rings is 1. The van der Waals surface area contributed by atoms with E-state index in [9.17, 15) is 14.4 Å². The quantitative estimate of drug-likeness (QED) is 0.700. The second-order valence-electron chi connectivity index (χ2n) is 9.81. The molecule has 1 aromatic rings. The average Bonchev–Trinajstić information content (AvgIpc) is 2.78. The smallest absolute Gasteiger partial charge is 0.410 e. The molecule has 7 heteroatoms. The van der Waals surface area contributed by atoms with Gasteiger partial charge in [-0.05, 0) is 52.0 Å². The standard InChI is InChI=1S/C25H37N3O4/c1-25(2,3)32-24(31)28-14-8-12-21(19-28)23(30)27-17-15-26(16-18-27)22(29)13-7-11-20-9-5-4-6-10-20/h4-6,9-10,21H,7-8,11-19H2,1-3H3. The van der Waals surface area contributed by atoms with Gasteiger partial charge in [0.05, 0.1) is 5.92 Å². The highest BCUT2D eigenvalue weighted by Gasteiger charge is 2.34. The summed E-state index contributed by atoms with van der Waals surface area (Å²) >= 11 is 0. The maximum absolute atomic E-state index is 13.1. The Morgan fingerprint density at radius 1 is 0.938 bits per heavy atom. The van der Waals surface area contributed by atoms with Gasteiger partial charge in [-0.2, -0.15) is 0 Å². The van der Waals surface area contributed by atoms with Crippen LogP contribution in [-0.2, 0) is 20.7 Å². The first kappa shape index (κ1) is 24.1. The van der Waals surface area contributed by atoms with E-state index in [4.69, 9.17) is 4.74 Å². The van der Waals surface area contributed by atoms with Crippen molar-refractivity contribution >= 4 is 17.9 Å². The first-order valence-electron chi connectivity index (χ1n) is 11.8. The molecule has 7 nitrogen and oxygen atoms in total. The number of hydrogen-bond donors (Lipinski definition) is 0. The molecule has 0 aromatic heterocycles. The number of amides is 3. The number of hydrogen-bond acceptors (Lipinski definition) is 4. The van der Waals surface area contributed by atoms with Crippen molar-refractivity contribution in [1.29, 1.82) is 0 Å². The molecule has 2 heterocycles. The van der Waals surface area contributed by atoms with Crippen LogP contribution in [-0.4, -0.2) is 77.5 Å². The number of nitrogens with zero attached hydrogens (tertiary/aromatic N) is 3. The number of carbonyl (C=O) groups is 3. The minimum absolute atomic E-state index is 0.0921. The van der Waals surface area contributed by atoms with E-state index in [1.54, 1.807) is 4.90 Å².